The van der Waals surface area contributed by atoms with Crippen LogP contribution in [0.5, 0.6) is 5.75 Å². The lowest BCUT2D eigenvalue weighted by Crippen LogP contribution is -2.25. The summed E-state index contributed by atoms with van der Waals surface area (Å²) in [4.78, 5) is 10.5. The molecule has 0 radical (unpaired) electrons. The normalized spacial score (nSPS) is 18.4. The predicted molar refractivity (Wildman–Crippen MR) is 79.6 cm³/mol. The number of nitrogens with zero attached hydrogens (tertiary/aromatic N) is 1. The van der Waals surface area contributed by atoms with E-state index in [0.717, 1.165) is 38.0 Å². The first-order valence-corrected chi connectivity index (χ1v) is 7.33. The number of hydrogen-bond acceptors (Lipinski definition) is 5. The Morgan fingerprint density at radius 1 is 1.43 bits per heavy atom. The van der Waals surface area contributed by atoms with Gasteiger partial charge in [-0.3, -0.25) is 10.1 Å². The molecule has 0 aliphatic carbocycles. The maximum Gasteiger partial charge on any atom is 0.273 e. The van der Waals surface area contributed by atoms with Gasteiger partial charge in [0.25, 0.3) is 5.69 Å². The lowest BCUT2D eigenvalue weighted by molar-refractivity contribution is -0.385. The molecule has 1 aliphatic rings. The molecule has 2 rings (SSSR count). The summed E-state index contributed by atoms with van der Waals surface area (Å²) in [5.41, 5.74) is 0.910. The molecule has 0 aromatic heterocycles. The minimum atomic E-state index is -0.401. The van der Waals surface area contributed by atoms with Crippen LogP contribution in [0.25, 0.3) is 0 Å². The molecule has 1 aliphatic heterocycles. The number of nitrogens with one attached hydrogen (secondary N) is 1. The number of methoxy groups -OCH3 is 1. The molecule has 1 unspecified atom stereocenters. The predicted octanol–water partition coefficient (Wildman–Crippen LogP) is 2.65. The fourth-order valence-corrected chi connectivity index (χ4v) is 2.50. The lowest BCUT2D eigenvalue weighted by atomic mass is 10.1. The number of nitro benzene ring substituents is 1. The molecular weight excluding hydrogens is 272 g/mol. The first kappa shape index (κ1) is 15.7. The highest BCUT2D eigenvalue weighted by atomic mass is 16.6. The zero-order chi connectivity index (χ0) is 15.1. The van der Waals surface area contributed by atoms with Crippen LogP contribution in [0.4, 0.5) is 5.69 Å². The van der Waals surface area contributed by atoms with Crippen molar-refractivity contribution in [3.8, 4) is 5.75 Å². The zero-order valence-electron chi connectivity index (χ0n) is 12.3. The molecule has 1 aromatic rings. The second kappa shape index (κ2) is 7.95. The van der Waals surface area contributed by atoms with Gasteiger partial charge in [-0.05, 0) is 43.9 Å². The molecule has 6 nitrogen and oxygen atoms in total. The van der Waals surface area contributed by atoms with Gasteiger partial charge in [0.05, 0.1) is 24.2 Å². The van der Waals surface area contributed by atoms with Crippen LogP contribution in [0.3, 0.4) is 0 Å². The molecule has 6 heteroatoms. The third-order valence-electron chi connectivity index (χ3n) is 3.64. The van der Waals surface area contributed by atoms with Crippen LogP contribution in [0.2, 0.25) is 0 Å². The Kier molecular flexibility index (Phi) is 5.95. The van der Waals surface area contributed by atoms with E-state index >= 15 is 0 Å². The van der Waals surface area contributed by atoms with Crippen molar-refractivity contribution in [2.75, 3.05) is 20.3 Å². The van der Waals surface area contributed by atoms with Gasteiger partial charge in [-0.15, -0.1) is 0 Å². The van der Waals surface area contributed by atoms with Gasteiger partial charge in [-0.25, -0.2) is 0 Å². The maximum absolute atomic E-state index is 10.9. The van der Waals surface area contributed by atoms with Crippen LogP contribution >= 0.6 is 0 Å². The van der Waals surface area contributed by atoms with E-state index in [0.29, 0.717) is 18.4 Å². The van der Waals surface area contributed by atoms with E-state index in [1.807, 2.05) is 6.07 Å². The molecule has 21 heavy (non-hydrogen) atoms. The summed E-state index contributed by atoms with van der Waals surface area (Å²) >= 11 is 0. The average molecular weight is 294 g/mol. The summed E-state index contributed by atoms with van der Waals surface area (Å²) in [5, 5.41) is 14.2. The Bertz CT molecular complexity index is 473. The van der Waals surface area contributed by atoms with Crippen LogP contribution < -0.4 is 10.1 Å². The van der Waals surface area contributed by atoms with Gasteiger partial charge in [0, 0.05) is 19.2 Å². The first-order chi connectivity index (χ1) is 10.2. The van der Waals surface area contributed by atoms with E-state index in [1.54, 1.807) is 6.07 Å². The number of nitro groups is 1. The molecule has 0 amide bonds. The summed E-state index contributed by atoms with van der Waals surface area (Å²) in [6, 6.07) is 4.82. The van der Waals surface area contributed by atoms with Crippen LogP contribution in [0.15, 0.2) is 18.2 Å². The molecular formula is C15H22N2O4. The van der Waals surface area contributed by atoms with Crippen molar-refractivity contribution in [3.63, 3.8) is 0 Å². The van der Waals surface area contributed by atoms with Crippen LogP contribution in [0.1, 0.15) is 31.2 Å². The quantitative estimate of drug-likeness (QED) is 0.475. The lowest BCUT2D eigenvalue weighted by Gasteiger charge is -2.22. The van der Waals surface area contributed by atoms with E-state index in [2.05, 4.69) is 5.32 Å². The molecule has 1 atom stereocenters. The second-order valence-corrected chi connectivity index (χ2v) is 5.25. The molecule has 1 saturated heterocycles. The largest absolute Gasteiger partial charge is 0.496 e. The summed E-state index contributed by atoms with van der Waals surface area (Å²) in [6.07, 6.45) is 4.87. The maximum atomic E-state index is 10.9. The van der Waals surface area contributed by atoms with Crippen molar-refractivity contribution < 1.29 is 14.4 Å². The molecule has 0 bridgehead atoms. The van der Waals surface area contributed by atoms with Crippen molar-refractivity contribution in [3.05, 3.63) is 33.9 Å². The van der Waals surface area contributed by atoms with Crippen LogP contribution in [-0.4, -0.2) is 31.3 Å². The third kappa shape index (κ3) is 4.99. The topological polar surface area (TPSA) is 73.6 Å². The molecule has 1 heterocycles. The standard InChI is InChI=1S/C15H22N2O4/c1-20-15-9-12(8-13(10-15)17(18)19)11-16-6-5-14-4-2-3-7-21-14/h8-10,14,16H,2-7,11H2,1H3. The molecule has 1 fully saturated rings. The van der Waals surface area contributed by atoms with Crippen molar-refractivity contribution in [1.82, 2.24) is 5.32 Å². The molecule has 0 spiro atoms. The van der Waals surface area contributed by atoms with E-state index in [4.69, 9.17) is 9.47 Å². The summed E-state index contributed by atoms with van der Waals surface area (Å²) < 4.78 is 10.8. The van der Waals surface area contributed by atoms with Gasteiger partial charge in [0.15, 0.2) is 0 Å². The van der Waals surface area contributed by atoms with Crippen molar-refractivity contribution in [2.24, 2.45) is 0 Å². The van der Waals surface area contributed by atoms with Crippen LogP contribution in [0, 0.1) is 10.1 Å². The van der Waals surface area contributed by atoms with E-state index < -0.39 is 4.92 Å². The van der Waals surface area contributed by atoms with Crippen molar-refractivity contribution in [2.45, 2.75) is 38.3 Å². The second-order valence-electron chi connectivity index (χ2n) is 5.25. The Balaban J connectivity index is 1.81. The van der Waals surface area contributed by atoms with Crippen molar-refractivity contribution >= 4 is 5.69 Å². The Hall–Kier alpha value is -1.66. The number of rotatable bonds is 7. The number of ether oxygens (including phenoxy) is 2. The molecule has 1 N–H and O–H groups in total. The molecule has 0 saturated carbocycles. The third-order valence-corrected chi connectivity index (χ3v) is 3.64. The smallest absolute Gasteiger partial charge is 0.273 e. The van der Waals surface area contributed by atoms with E-state index in [-0.39, 0.29) is 5.69 Å². The fourth-order valence-electron chi connectivity index (χ4n) is 2.50. The number of benzene rings is 1. The Morgan fingerprint density at radius 2 is 2.29 bits per heavy atom. The van der Waals surface area contributed by atoms with Crippen molar-refractivity contribution in [1.29, 1.82) is 0 Å². The van der Waals surface area contributed by atoms with Gasteiger partial charge < -0.3 is 14.8 Å². The number of hydrogen-bond donors (Lipinski definition) is 1. The minimum Gasteiger partial charge on any atom is -0.496 e. The van der Waals surface area contributed by atoms with Gasteiger partial charge in [0.2, 0.25) is 0 Å². The molecule has 116 valence electrons. The van der Waals surface area contributed by atoms with Gasteiger partial charge in [-0.2, -0.15) is 0 Å². The fraction of sp³-hybridized carbons (Fsp3) is 0.600. The van der Waals surface area contributed by atoms with Gasteiger partial charge in [0.1, 0.15) is 5.75 Å². The summed E-state index contributed by atoms with van der Waals surface area (Å²) in [5.74, 6) is 0.511. The Labute approximate surface area is 124 Å². The number of non-ortho nitro benzene ring substituents is 1. The average Bonchev–Trinajstić information content (AvgIpc) is 2.52. The first-order valence-electron chi connectivity index (χ1n) is 7.33. The minimum absolute atomic E-state index is 0.0572. The van der Waals surface area contributed by atoms with Gasteiger partial charge >= 0.3 is 0 Å². The highest BCUT2D eigenvalue weighted by Gasteiger charge is 2.13. The van der Waals surface area contributed by atoms with Gasteiger partial charge in [-0.1, -0.05) is 0 Å². The highest BCUT2D eigenvalue weighted by molar-refractivity contribution is 5.42. The van der Waals surface area contributed by atoms with E-state index in [9.17, 15) is 10.1 Å². The monoisotopic (exact) mass is 294 g/mol. The highest BCUT2D eigenvalue weighted by Crippen LogP contribution is 2.22. The molecule has 1 aromatic carbocycles. The zero-order valence-corrected chi connectivity index (χ0v) is 12.3. The van der Waals surface area contributed by atoms with Crippen LogP contribution in [-0.2, 0) is 11.3 Å². The summed E-state index contributed by atoms with van der Waals surface area (Å²) in [7, 11) is 1.51. The van der Waals surface area contributed by atoms with E-state index in [1.165, 1.54) is 19.6 Å². The Morgan fingerprint density at radius 3 is 2.95 bits per heavy atom. The summed E-state index contributed by atoms with van der Waals surface area (Å²) in [6.45, 7) is 2.30. The SMILES string of the molecule is COc1cc(CNCCC2CCCCO2)cc([N+](=O)[O-])c1.